The molecular formula is C23H19N5O3S. The number of thioether (sulfide) groups is 1. The molecule has 0 atom stereocenters. The third-order valence-corrected chi connectivity index (χ3v) is 5.43. The van der Waals surface area contributed by atoms with Crippen molar-refractivity contribution in [2.45, 2.75) is 5.16 Å². The molecule has 0 saturated heterocycles. The van der Waals surface area contributed by atoms with Crippen LogP contribution in [0.3, 0.4) is 0 Å². The van der Waals surface area contributed by atoms with Crippen molar-refractivity contribution in [1.29, 1.82) is 0 Å². The van der Waals surface area contributed by atoms with E-state index >= 15 is 0 Å². The first kappa shape index (κ1) is 21.3. The summed E-state index contributed by atoms with van der Waals surface area (Å²) in [7, 11) is 1.58. The van der Waals surface area contributed by atoms with Gasteiger partial charge in [0.05, 0.1) is 35.7 Å². The van der Waals surface area contributed by atoms with Gasteiger partial charge in [-0.2, -0.15) is 5.10 Å². The molecule has 160 valence electrons. The first-order valence-electron chi connectivity index (χ1n) is 9.66. The number of pyridine rings is 1. The molecule has 2 aromatic heterocycles. The molecule has 0 aliphatic rings. The van der Waals surface area contributed by atoms with Crippen molar-refractivity contribution < 1.29 is 9.53 Å². The van der Waals surface area contributed by atoms with Gasteiger partial charge in [-0.05, 0) is 42.5 Å². The van der Waals surface area contributed by atoms with Crippen LogP contribution in [0.2, 0.25) is 0 Å². The molecule has 9 heteroatoms. The van der Waals surface area contributed by atoms with Crippen LogP contribution in [-0.4, -0.2) is 39.5 Å². The number of nitrogens with one attached hydrogen (secondary N) is 1. The molecule has 2 heterocycles. The summed E-state index contributed by atoms with van der Waals surface area (Å²) in [6, 6.07) is 17.8. The van der Waals surface area contributed by atoms with Gasteiger partial charge in [-0.1, -0.05) is 30.0 Å². The van der Waals surface area contributed by atoms with Crippen LogP contribution < -0.4 is 15.7 Å². The fourth-order valence-electron chi connectivity index (χ4n) is 2.96. The smallest absolute Gasteiger partial charge is 0.266 e. The number of hydrazone groups is 1. The van der Waals surface area contributed by atoms with Gasteiger partial charge in [-0.25, -0.2) is 10.4 Å². The lowest BCUT2D eigenvalue weighted by Crippen LogP contribution is -2.24. The molecular weight excluding hydrogens is 426 g/mol. The van der Waals surface area contributed by atoms with Gasteiger partial charge < -0.3 is 4.74 Å². The third kappa shape index (κ3) is 4.84. The topological polar surface area (TPSA) is 98.5 Å². The molecule has 0 radical (unpaired) electrons. The highest BCUT2D eigenvalue weighted by Crippen LogP contribution is 2.22. The molecule has 0 bridgehead atoms. The molecule has 8 nitrogen and oxygen atoms in total. The standard InChI is InChI=1S/C23H19N5O3S/c1-31-18-10-8-17(9-11-18)28-22(30)19-6-2-3-7-20(19)26-23(28)32-15-21(29)27-25-14-16-5-4-12-24-13-16/h2-14H,15H2,1H3,(H,27,29)/b25-14-. The minimum absolute atomic E-state index is 0.0331. The monoisotopic (exact) mass is 445 g/mol. The van der Waals surface area contributed by atoms with Gasteiger partial charge in [0.25, 0.3) is 11.5 Å². The Morgan fingerprint density at radius 3 is 2.72 bits per heavy atom. The molecule has 32 heavy (non-hydrogen) atoms. The number of fused-ring (bicyclic) bond motifs is 1. The van der Waals surface area contributed by atoms with Crippen molar-refractivity contribution in [3.8, 4) is 11.4 Å². The Hall–Kier alpha value is -3.98. The lowest BCUT2D eigenvalue weighted by atomic mass is 10.2. The van der Waals surface area contributed by atoms with Gasteiger partial charge in [0, 0.05) is 18.0 Å². The van der Waals surface area contributed by atoms with Crippen molar-refractivity contribution in [2.24, 2.45) is 5.10 Å². The number of hydrogen-bond acceptors (Lipinski definition) is 7. The van der Waals surface area contributed by atoms with Crippen molar-refractivity contribution in [2.75, 3.05) is 12.9 Å². The molecule has 0 unspecified atom stereocenters. The van der Waals surface area contributed by atoms with Crippen molar-refractivity contribution >= 4 is 34.8 Å². The highest BCUT2D eigenvalue weighted by Gasteiger charge is 2.14. The number of carbonyl (C=O) groups is 1. The van der Waals surface area contributed by atoms with Crippen molar-refractivity contribution in [3.05, 3.63) is 89.0 Å². The second-order valence-electron chi connectivity index (χ2n) is 6.62. The Bertz CT molecular complexity index is 1320. The largest absolute Gasteiger partial charge is 0.497 e. The summed E-state index contributed by atoms with van der Waals surface area (Å²) in [6.07, 6.45) is 4.81. The lowest BCUT2D eigenvalue weighted by Gasteiger charge is -2.13. The maximum absolute atomic E-state index is 13.2. The summed E-state index contributed by atoms with van der Waals surface area (Å²) in [5.41, 5.74) is 4.24. The molecule has 0 aliphatic carbocycles. The van der Waals surface area contributed by atoms with E-state index in [9.17, 15) is 9.59 Å². The van der Waals surface area contributed by atoms with E-state index in [2.05, 4.69) is 20.5 Å². The van der Waals surface area contributed by atoms with Crippen LogP contribution in [-0.2, 0) is 4.79 Å². The summed E-state index contributed by atoms with van der Waals surface area (Å²) >= 11 is 1.16. The fourth-order valence-corrected chi connectivity index (χ4v) is 3.77. The summed E-state index contributed by atoms with van der Waals surface area (Å²) in [5.74, 6) is 0.389. The van der Waals surface area contributed by atoms with E-state index in [4.69, 9.17) is 4.74 Å². The Labute approximate surface area is 188 Å². The highest BCUT2D eigenvalue weighted by molar-refractivity contribution is 7.99. The molecule has 1 amide bonds. The van der Waals surface area contributed by atoms with Crippen LogP contribution in [0.5, 0.6) is 5.75 Å². The maximum Gasteiger partial charge on any atom is 0.266 e. The predicted octanol–water partition coefficient (Wildman–Crippen LogP) is 3.03. The van der Waals surface area contributed by atoms with E-state index in [1.165, 1.54) is 10.8 Å². The quantitative estimate of drug-likeness (QED) is 0.203. The highest BCUT2D eigenvalue weighted by atomic mass is 32.2. The number of rotatable bonds is 7. The van der Waals surface area contributed by atoms with E-state index in [-0.39, 0.29) is 17.2 Å². The molecule has 0 fully saturated rings. The van der Waals surface area contributed by atoms with Gasteiger partial charge in [0.1, 0.15) is 5.75 Å². The number of benzene rings is 2. The second-order valence-corrected chi connectivity index (χ2v) is 7.56. The van der Waals surface area contributed by atoms with E-state index in [0.717, 1.165) is 17.3 Å². The zero-order valence-electron chi connectivity index (χ0n) is 17.1. The summed E-state index contributed by atoms with van der Waals surface area (Å²) in [6.45, 7) is 0. The van der Waals surface area contributed by atoms with Gasteiger partial charge in [-0.3, -0.25) is 19.1 Å². The molecule has 0 aliphatic heterocycles. The van der Waals surface area contributed by atoms with Crippen LogP contribution in [0.25, 0.3) is 16.6 Å². The minimum atomic E-state index is -0.321. The number of aromatic nitrogens is 3. The zero-order valence-corrected chi connectivity index (χ0v) is 18.0. The average molecular weight is 446 g/mol. The van der Waals surface area contributed by atoms with Crippen LogP contribution >= 0.6 is 11.8 Å². The summed E-state index contributed by atoms with van der Waals surface area (Å²) in [4.78, 5) is 34.1. The predicted molar refractivity (Wildman–Crippen MR) is 125 cm³/mol. The van der Waals surface area contributed by atoms with Gasteiger partial charge in [-0.15, -0.1) is 0 Å². The molecule has 2 aromatic carbocycles. The van der Waals surface area contributed by atoms with Crippen LogP contribution in [0.4, 0.5) is 0 Å². The molecule has 4 aromatic rings. The maximum atomic E-state index is 13.2. The normalized spacial score (nSPS) is 11.0. The average Bonchev–Trinajstić information content (AvgIpc) is 2.84. The Morgan fingerprint density at radius 2 is 1.97 bits per heavy atom. The Kier molecular flexibility index (Phi) is 6.57. The van der Waals surface area contributed by atoms with Crippen LogP contribution in [0, 0.1) is 0 Å². The van der Waals surface area contributed by atoms with Crippen LogP contribution in [0.15, 0.2) is 88.1 Å². The molecule has 4 rings (SSSR count). The van der Waals surface area contributed by atoms with Crippen LogP contribution in [0.1, 0.15) is 5.56 Å². The first-order valence-corrected chi connectivity index (χ1v) is 10.7. The molecule has 0 saturated carbocycles. The van der Waals surface area contributed by atoms with E-state index in [1.54, 1.807) is 68.0 Å². The number of amides is 1. The number of methoxy groups -OCH3 is 1. The number of nitrogens with zero attached hydrogens (tertiary/aromatic N) is 4. The van der Waals surface area contributed by atoms with Gasteiger partial charge in [0.15, 0.2) is 5.16 Å². The van der Waals surface area contributed by atoms with Crippen molar-refractivity contribution in [1.82, 2.24) is 20.0 Å². The number of para-hydroxylation sites is 1. The number of carbonyl (C=O) groups excluding carboxylic acids is 1. The Balaban J connectivity index is 1.58. The minimum Gasteiger partial charge on any atom is -0.497 e. The van der Waals surface area contributed by atoms with Gasteiger partial charge >= 0.3 is 0 Å². The van der Waals surface area contributed by atoms with E-state index < -0.39 is 0 Å². The molecule has 1 N–H and O–H groups in total. The summed E-state index contributed by atoms with van der Waals surface area (Å²) in [5, 5.41) is 4.85. The Morgan fingerprint density at radius 1 is 1.16 bits per heavy atom. The van der Waals surface area contributed by atoms with E-state index in [1.807, 2.05) is 12.1 Å². The number of ether oxygens (including phenoxy) is 1. The zero-order chi connectivity index (χ0) is 22.3. The second kappa shape index (κ2) is 9.88. The molecule has 0 spiro atoms. The third-order valence-electron chi connectivity index (χ3n) is 4.50. The number of hydrogen-bond donors (Lipinski definition) is 1. The lowest BCUT2D eigenvalue weighted by molar-refractivity contribution is -0.118. The van der Waals surface area contributed by atoms with Crippen molar-refractivity contribution in [3.63, 3.8) is 0 Å². The SMILES string of the molecule is COc1ccc(-n2c(SCC(=O)N/N=C\c3cccnc3)nc3ccccc3c2=O)cc1. The fraction of sp³-hybridized carbons (Fsp3) is 0.0870. The first-order chi connectivity index (χ1) is 15.7. The van der Waals surface area contributed by atoms with E-state index in [0.29, 0.717) is 27.5 Å². The van der Waals surface area contributed by atoms with Gasteiger partial charge in [0.2, 0.25) is 0 Å². The summed E-state index contributed by atoms with van der Waals surface area (Å²) < 4.78 is 6.70.